The maximum Gasteiger partial charge on any atom is 0.335 e. The number of carboxylic acids is 1. The summed E-state index contributed by atoms with van der Waals surface area (Å²) in [5.41, 5.74) is 0.205. The highest BCUT2D eigenvalue weighted by Crippen LogP contribution is 2.25. The third-order valence-corrected chi connectivity index (χ3v) is 5.10. The predicted molar refractivity (Wildman–Crippen MR) is 79.7 cm³/mol. The number of halogens is 1. The van der Waals surface area contributed by atoms with Crippen molar-refractivity contribution in [1.29, 1.82) is 0 Å². The van der Waals surface area contributed by atoms with Gasteiger partial charge in [-0.1, -0.05) is 15.9 Å². The highest BCUT2D eigenvalue weighted by atomic mass is 79.9. The number of benzene rings is 1. The molecule has 21 heavy (non-hydrogen) atoms. The van der Waals surface area contributed by atoms with E-state index in [0.29, 0.717) is 10.0 Å². The fraction of sp³-hybridized carbons (Fsp3) is 0.333. The molecule has 0 saturated carbocycles. The second kappa shape index (κ2) is 6.54. The first-order valence-electron chi connectivity index (χ1n) is 5.79. The van der Waals surface area contributed by atoms with Gasteiger partial charge >= 0.3 is 5.97 Å². The number of carbonyl (C=O) groups is 2. The number of hydrogen-bond donors (Lipinski definition) is 2. The lowest BCUT2D eigenvalue weighted by Gasteiger charge is -2.13. The molecule has 116 valence electrons. The molecule has 1 rings (SSSR count). The van der Waals surface area contributed by atoms with E-state index in [4.69, 9.17) is 5.11 Å². The first-order valence-corrected chi connectivity index (χ1v) is 8.07. The highest BCUT2D eigenvalue weighted by Gasteiger charge is 2.22. The number of rotatable bonds is 5. The number of hydrogen-bond acceptors (Lipinski definition) is 4. The van der Waals surface area contributed by atoms with E-state index >= 15 is 0 Å². The van der Waals surface area contributed by atoms with Crippen molar-refractivity contribution >= 4 is 37.8 Å². The van der Waals surface area contributed by atoms with E-state index in [2.05, 4.69) is 20.7 Å². The van der Waals surface area contributed by atoms with Crippen LogP contribution in [0.1, 0.15) is 15.9 Å². The SMILES string of the molecule is Cc1c(Br)cc(C(=O)O)cc1S(=O)(=O)NCC(=O)N(C)C. The number of likely N-dealkylation sites (N-methyl/N-ethyl adjacent to an activating group) is 1. The summed E-state index contributed by atoms with van der Waals surface area (Å²) in [6.45, 7) is 1.14. The molecule has 0 heterocycles. The van der Waals surface area contributed by atoms with Crippen molar-refractivity contribution in [3.05, 3.63) is 27.7 Å². The Morgan fingerprint density at radius 1 is 1.33 bits per heavy atom. The molecule has 2 N–H and O–H groups in total. The molecule has 1 aromatic carbocycles. The van der Waals surface area contributed by atoms with Gasteiger partial charge in [-0.25, -0.2) is 17.9 Å². The third-order valence-electron chi connectivity index (χ3n) is 2.75. The Balaban J connectivity index is 3.19. The Hall–Kier alpha value is -1.45. The van der Waals surface area contributed by atoms with Crippen molar-refractivity contribution in [2.24, 2.45) is 0 Å². The fourth-order valence-electron chi connectivity index (χ4n) is 1.45. The lowest BCUT2D eigenvalue weighted by Crippen LogP contribution is -2.36. The second-order valence-electron chi connectivity index (χ2n) is 4.50. The average Bonchev–Trinajstić information content (AvgIpc) is 2.38. The number of carboxylic acid groups (broad SMARTS) is 1. The lowest BCUT2D eigenvalue weighted by molar-refractivity contribution is -0.127. The van der Waals surface area contributed by atoms with E-state index in [0.717, 1.165) is 6.07 Å². The molecule has 0 unspecified atom stereocenters. The van der Waals surface area contributed by atoms with Gasteiger partial charge in [0.1, 0.15) is 0 Å². The van der Waals surface area contributed by atoms with E-state index in [-0.39, 0.29) is 10.5 Å². The first-order chi connectivity index (χ1) is 9.56. The molecule has 0 radical (unpaired) electrons. The molecule has 0 aliphatic rings. The maximum absolute atomic E-state index is 12.2. The summed E-state index contributed by atoms with van der Waals surface area (Å²) in [6, 6.07) is 2.38. The van der Waals surface area contributed by atoms with Crippen LogP contribution >= 0.6 is 15.9 Å². The molecule has 9 heteroatoms. The topological polar surface area (TPSA) is 104 Å². The minimum absolute atomic E-state index is 0.160. The molecule has 0 aromatic heterocycles. The summed E-state index contributed by atoms with van der Waals surface area (Å²) in [7, 11) is -0.982. The smallest absolute Gasteiger partial charge is 0.335 e. The van der Waals surface area contributed by atoms with Crippen molar-refractivity contribution in [2.75, 3.05) is 20.6 Å². The minimum Gasteiger partial charge on any atom is -0.478 e. The Kier molecular flexibility index (Phi) is 5.48. The van der Waals surface area contributed by atoms with Crippen LogP contribution in [0.25, 0.3) is 0 Å². The van der Waals surface area contributed by atoms with Gasteiger partial charge < -0.3 is 10.0 Å². The number of nitrogens with one attached hydrogen (secondary N) is 1. The van der Waals surface area contributed by atoms with Crippen LogP contribution in [0.15, 0.2) is 21.5 Å². The lowest BCUT2D eigenvalue weighted by atomic mass is 10.1. The van der Waals surface area contributed by atoms with Gasteiger partial charge in [0.05, 0.1) is 17.0 Å². The summed E-state index contributed by atoms with van der Waals surface area (Å²) >= 11 is 3.13. The average molecular weight is 379 g/mol. The van der Waals surface area contributed by atoms with Gasteiger partial charge in [0.25, 0.3) is 0 Å². The molecule has 0 atom stereocenters. The maximum atomic E-state index is 12.2. The van der Waals surface area contributed by atoms with E-state index in [1.165, 1.54) is 32.0 Å². The van der Waals surface area contributed by atoms with Gasteiger partial charge in [-0.05, 0) is 24.6 Å². The molecule has 0 saturated heterocycles. The fourth-order valence-corrected chi connectivity index (χ4v) is 3.30. The number of carbonyl (C=O) groups excluding carboxylic acids is 1. The Labute approximate surface area is 131 Å². The van der Waals surface area contributed by atoms with Crippen molar-refractivity contribution < 1.29 is 23.1 Å². The largest absolute Gasteiger partial charge is 0.478 e. The van der Waals surface area contributed by atoms with Crippen LogP contribution in [0.3, 0.4) is 0 Å². The van der Waals surface area contributed by atoms with Gasteiger partial charge in [-0.2, -0.15) is 0 Å². The van der Waals surface area contributed by atoms with E-state index in [9.17, 15) is 18.0 Å². The standard InChI is InChI=1S/C12H15BrN2O5S/c1-7-9(13)4-8(12(17)18)5-10(7)21(19,20)14-6-11(16)15(2)3/h4-5,14H,6H2,1-3H3,(H,17,18). The third kappa shape index (κ3) is 4.26. The molecule has 0 bridgehead atoms. The molecular weight excluding hydrogens is 364 g/mol. The van der Waals surface area contributed by atoms with Crippen LogP contribution < -0.4 is 4.72 Å². The van der Waals surface area contributed by atoms with Crippen LogP contribution in [0.2, 0.25) is 0 Å². The molecule has 1 amide bonds. The van der Waals surface area contributed by atoms with Crippen LogP contribution in [0, 0.1) is 6.92 Å². The predicted octanol–water partition coefficient (Wildman–Crippen LogP) is 0.822. The monoisotopic (exact) mass is 378 g/mol. The number of aromatic carboxylic acids is 1. The van der Waals surface area contributed by atoms with Gasteiger partial charge in [0.2, 0.25) is 15.9 Å². The quantitative estimate of drug-likeness (QED) is 0.789. The van der Waals surface area contributed by atoms with E-state index in [1.807, 2.05) is 0 Å². The normalized spacial score (nSPS) is 11.2. The van der Waals surface area contributed by atoms with Crippen molar-refractivity contribution in [1.82, 2.24) is 9.62 Å². The van der Waals surface area contributed by atoms with Crippen molar-refractivity contribution in [2.45, 2.75) is 11.8 Å². The Morgan fingerprint density at radius 3 is 2.38 bits per heavy atom. The summed E-state index contributed by atoms with van der Waals surface area (Å²) in [5, 5.41) is 8.98. The van der Waals surface area contributed by atoms with Gasteiger partial charge in [-0.3, -0.25) is 4.79 Å². The molecule has 0 fully saturated rings. The summed E-state index contributed by atoms with van der Waals surface area (Å²) < 4.78 is 26.9. The van der Waals surface area contributed by atoms with Gasteiger partial charge in [0, 0.05) is 18.6 Å². The zero-order valence-electron chi connectivity index (χ0n) is 11.7. The summed E-state index contributed by atoms with van der Waals surface area (Å²) in [6.07, 6.45) is 0. The zero-order chi connectivity index (χ0) is 16.4. The molecule has 0 aliphatic heterocycles. The van der Waals surface area contributed by atoms with Crippen molar-refractivity contribution in [3.63, 3.8) is 0 Å². The molecule has 0 aliphatic carbocycles. The van der Waals surface area contributed by atoms with Crippen molar-refractivity contribution in [3.8, 4) is 0 Å². The first kappa shape index (κ1) is 17.6. The van der Waals surface area contributed by atoms with Crippen LogP contribution in [-0.4, -0.2) is 50.9 Å². The van der Waals surface area contributed by atoms with E-state index in [1.54, 1.807) is 0 Å². The number of sulfonamides is 1. The Bertz CT molecular complexity index is 685. The summed E-state index contributed by atoms with van der Waals surface area (Å²) in [4.78, 5) is 23.5. The summed E-state index contributed by atoms with van der Waals surface area (Å²) in [5.74, 6) is -1.65. The van der Waals surface area contributed by atoms with E-state index < -0.39 is 28.4 Å². The second-order valence-corrected chi connectivity index (χ2v) is 7.09. The number of amides is 1. The molecule has 0 spiro atoms. The molecular formula is C12H15BrN2O5S. The zero-order valence-corrected chi connectivity index (χ0v) is 14.1. The molecule has 7 nitrogen and oxygen atoms in total. The number of nitrogens with zero attached hydrogens (tertiary/aromatic N) is 1. The van der Waals surface area contributed by atoms with Gasteiger partial charge in [-0.15, -0.1) is 0 Å². The minimum atomic E-state index is -3.99. The van der Waals surface area contributed by atoms with Crippen LogP contribution in [-0.2, 0) is 14.8 Å². The highest BCUT2D eigenvalue weighted by molar-refractivity contribution is 9.10. The van der Waals surface area contributed by atoms with Crippen LogP contribution in [0.4, 0.5) is 0 Å². The van der Waals surface area contributed by atoms with Crippen LogP contribution in [0.5, 0.6) is 0 Å². The van der Waals surface area contributed by atoms with Gasteiger partial charge in [0.15, 0.2) is 0 Å². The molecule has 1 aromatic rings. The Morgan fingerprint density at radius 2 is 1.90 bits per heavy atom.